The second kappa shape index (κ2) is 9.99. The van der Waals surface area contributed by atoms with Crippen LogP contribution < -0.4 is 15.8 Å². The van der Waals surface area contributed by atoms with Gasteiger partial charge in [-0.3, -0.25) is 9.36 Å². The summed E-state index contributed by atoms with van der Waals surface area (Å²) in [6.07, 6.45) is 8.68. The minimum atomic E-state index is -0.273. The largest absolute Gasteiger partial charge is 0.369 e. The van der Waals surface area contributed by atoms with Crippen LogP contribution in [0.3, 0.4) is 0 Å². The molecule has 2 aliphatic rings. The van der Waals surface area contributed by atoms with E-state index in [0.29, 0.717) is 28.8 Å². The highest BCUT2D eigenvalue weighted by atomic mass is 32.1. The third-order valence-electron chi connectivity index (χ3n) is 6.83. The van der Waals surface area contributed by atoms with Crippen LogP contribution in [0.1, 0.15) is 43.7 Å². The molecule has 3 aromatic heterocycles. The number of anilines is 3. The van der Waals surface area contributed by atoms with Crippen molar-refractivity contribution in [2.24, 2.45) is 0 Å². The van der Waals surface area contributed by atoms with Gasteiger partial charge < -0.3 is 15.1 Å². The normalized spacial score (nSPS) is 18.3. The predicted octanol–water partition coefficient (Wildman–Crippen LogP) is 3.17. The average molecular weight is 479 g/mol. The zero-order chi connectivity index (χ0) is 22.9. The Hall–Kier alpha value is -3.16. The maximum absolute atomic E-state index is 12.9. The molecule has 10 heteroatoms. The number of likely N-dealkylation sites (N-methyl/N-ethyl adjacent to an activating group) is 1. The van der Waals surface area contributed by atoms with Gasteiger partial charge in [0.25, 0.3) is 5.56 Å². The minimum absolute atomic E-state index is 0. The fraction of sp³-hybridized carbons (Fsp3) is 0.458. The molecule has 1 N–H and O–H groups in total. The smallest absolute Gasteiger partial charge is 0.270 e. The van der Waals surface area contributed by atoms with E-state index in [-0.39, 0.29) is 30.7 Å². The Morgan fingerprint density at radius 2 is 1.94 bits per heavy atom. The van der Waals surface area contributed by atoms with Crippen LogP contribution in [0.4, 0.5) is 17.5 Å². The van der Waals surface area contributed by atoms with Crippen LogP contribution in [-0.2, 0) is 0 Å². The molecule has 4 heterocycles. The fourth-order valence-electron chi connectivity index (χ4n) is 4.92. The number of pyridine rings is 2. The zero-order valence-electron chi connectivity index (χ0n) is 19.5. The number of nitrogens with zero attached hydrogens (tertiary/aromatic N) is 7. The molecule has 3 aromatic rings. The van der Waals surface area contributed by atoms with Gasteiger partial charge in [0.05, 0.1) is 11.9 Å². The van der Waals surface area contributed by atoms with Crippen LogP contribution in [0.15, 0.2) is 35.4 Å². The number of nitriles is 1. The minimum Gasteiger partial charge on any atom is -0.369 e. The van der Waals surface area contributed by atoms with E-state index in [1.165, 1.54) is 0 Å². The lowest BCUT2D eigenvalue weighted by molar-refractivity contribution is 0.315. The van der Waals surface area contributed by atoms with Crippen molar-refractivity contribution in [1.82, 2.24) is 24.4 Å². The van der Waals surface area contributed by atoms with Crippen molar-refractivity contribution in [1.29, 1.82) is 5.26 Å². The number of hydrogen-bond donors (Lipinski definition) is 1. The molecule has 0 spiro atoms. The molecule has 1 saturated carbocycles. The van der Waals surface area contributed by atoms with Crippen molar-refractivity contribution >= 4 is 42.0 Å². The second-order valence-corrected chi connectivity index (χ2v) is 9.13. The summed E-state index contributed by atoms with van der Waals surface area (Å²) in [5, 5.41) is 13.3. The Morgan fingerprint density at radius 3 is 2.59 bits per heavy atom. The lowest BCUT2D eigenvalue weighted by Gasteiger charge is -2.21. The van der Waals surface area contributed by atoms with Gasteiger partial charge in [-0.2, -0.15) is 23.7 Å². The molecule has 5 rings (SSSR count). The van der Waals surface area contributed by atoms with Crippen LogP contribution in [-0.4, -0.2) is 57.6 Å². The first-order valence-electron chi connectivity index (χ1n) is 11.5. The summed E-state index contributed by atoms with van der Waals surface area (Å²) in [5.41, 5.74) is 1.52. The molecule has 0 unspecified atom stereocenters. The molecule has 9 nitrogen and oxygen atoms in total. The van der Waals surface area contributed by atoms with E-state index in [1.807, 2.05) is 18.3 Å². The van der Waals surface area contributed by atoms with Crippen molar-refractivity contribution in [2.45, 2.75) is 44.2 Å². The van der Waals surface area contributed by atoms with E-state index in [4.69, 9.17) is 0 Å². The standard InChI is InChI=1S/C24H28N8O.H2S/c1-30(2)20-9-10-31(15-20)19-7-8-21(26-14-19)28-24-27-13-17-11-16(12-25)23(33)32(22(17)29-24)18-5-3-4-6-18;/h7-8,11,13-14,18,20H,3-6,9-10,15H2,1-2H3,(H,26,27,28,29);1H2/t20-;/m0./s1. The van der Waals surface area contributed by atoms with E-state index in [9.17, 15) is 10.1 Å². The van der Waals surface area contributed by atoms with Gasteiger partial charge in [0.1, 0.15) is 23.1 Å². The molecule has 0 radical (unpaired) electrons. The van der Waals surface area contributed by atoms with Crippen molar-refractivity contribution in [3.05, 3.63) is 46.5 Å². The van der Waals surface area contributed by atoms with E-state index in [0.717, 1.165) is 50.9 Å². The molecule has 0 bridgehead atoms. The van der Waals surface area contributed by atoms with E-state index in [2.05, 4.69) is 50.2 Å². The van der Waals surface area contributed by atoms with Crippen LogP contribution >= 0.6 is 13.5 Å². The third kappa shape index (κ3) is 4.58. The van der Waals surface area contributed by atoms with Gasteiger partial charge in [-0.15, -0.1) is 0 Å². The Kier molecular flexibility index (Phi) is 7.05. The molecular weight excluding hydrogens is 448 g/mol. The number of aromatic nitrogens is 4. The summed E-state index contributed by atoms with van der Waals surface area (Å²) in [7, 11) is 4.24. The highest BCUT2D eigenvalue weighted by Crippen LogP contribution is 2.31. The summed E-state index contributed by atoms with van der Waals surface area (Å²) in [6.45, 7) is 2.02. The molecule has 1 atom stereocenters. The fourth-order valence-corrected chi connectivity index (χ4v) is 4.92. The molecule has 1 saturated heterocycles. The second-order valence-electron chi connectivity index (χ2n) is 9.13. The molecule has 2 fully saturated rings. The van der Waals surface area contributed by atoms with E-state index >= 15 is 0 Å². The van der Waals surface area contributed by atoms with Gasteiger partial charge in [-0.1, -0.05) is 12.8 Å². The summed E-state index contributed by atoms with van der Waals surface area (Å²) in [5.74, 6) is 1.03. The van der Waals surface area contributed by atoms with Gasteiger partial charge in [0, 0.05) is 36.8 Å². The maximum atomic E-state index is 12.9. The number of fused-ring (bicyclic) bond motifs is 1. The first kappa shape index (κ1) is 24.0. The summed E-state index contributed by atoms with van der Waals surface area (Å²) in [6, 6.07) is 8.22. The maximum Gasteiger partial charge on any atom is 0.270 e. The summed E-state index contributed by atoms with van der Waals surface area (Å²) >= 11 is 0. The molecule has 1 aliphatic carbocycles. The Labute approximate surface area is 205 Å². The van der Waals surface area contributed by atoms with E-state index in [1.54, 1.807) is 16.8 Å². The number of hydrogen-bond acceptors (Lipinski definition) is 8. The van der Waals surface area contributed by atoms with Gasteiger partial charge in [-0.05, 0) is 51.6 Å². The van der Waals surface area contributed by atoms with Gasteiger partial charge in [0.15, 0.2) is 0 Å². The lowest BCUT2D eigenvalue weighted by atomic mass is 10.2. The van der Waals surface area contributed by atoms with Crippen LogP contribution in [0.25, 0.3) is 11.0 Å². The molecule has 0 amide bonds. The first-order chi connectivity index (χ1) is 16.0. The molecular formula is C24H30N8OS. The molecule has 178 valence electrons. The lowest BCUT2D eigenvalue weighted by Crippen LogP contribution is -2.31. The number of rotatable bonds is 5. The van der Waals surface area contributed by atoms with Gasteiger partial charge in [0.2, 0.25) is 5.95 Å². The van der Waals surface area contributed by atoms with Crippen LogP contribution in [0.5, 0.6) is 0 Å². The third-order valence-corrected chi connectivity index (χ3v) is 6.83. The quantitative estimate of drug-likeness (QED) is 0.597. The van der Waals surface area contributed by atoms with E-state index < -0.39 is 0 Å². The summed E-state index contributed by atoms with van der Waals surface area (Å²) in [4.78, 5) is 31.2. The van der Waals surface area contributed by atoms with Crippen molar-refractivity contribution in [3.8, 4) is 6.07 Å². The van der Waals surface area contributed by atoms with Gasteiger partial charge in [-0.25, -0.2) is 9.97 Å². The molecule has 0 aromatic carbocycles. The van der Waals surface area contributed by atoms with Crippen molar-refractivity contribution in [2.75, 3.05) is 37.4 Å². The summed E-state index contributed by atoms with van der Waals surface area (Å²) < 4.78 is 1.69. The van der Waals surface area contributed by atoms with Crippen LogP contribution in [0, 0.1) is 11.3 Å². The van der Waals surface area contributed by atoms with Crippen LogP contribution in [0.2, 0.25) is 0 Å². The zero-order valence-corrected chi connectivity index (χ0v) is 20.5. The monoisotopic (exact) mass is 478 g/mol. The predicted molar refractivity (Wildman–Crippen MR) is 138 cm³/mol. The topological polar surface area (TPSA) is 103 Å². The number of nitrogens with one attached hydrogen (secondary N) is 1. The Balaban J connectivity index is 0.00000274. The SMILES string of the molecule is CN(C)[C@H]1CCN(c2ccc(Nc3ncc4cc(C#N)c(=O)n(C5CCCC5)c4n3)nc2)C1.S. The molecule has 1 aliphatic heterocycles. The first-order valence-corrected chi connectivity index (χ1v) is 11.5. The highest BCUT2D eigenvalue weighted by Gasteiger charge is 2.25. The molecule has 34 heavy (non-hydrogen) atoms. The van der Waals surface area contributed by atoms with Crippen molar-refractivity contribution < 1.29 is 0 Å². The Bertz CT molecular complexity index is 1260. The Morgan fingerprint density at radius 1 is 1.15 bits per heavy atom. The van der Waals surface area contributed by atoms with Gasteiger partial charge >= 0.3 is 0 Å². The van der Waals surface area contributed by atoms with Crippen molar-refractivity contribution in [3.63, 3.8) is 0 Å². The highest BCUT2D eigenvalue weighted by molar-refractivity contribution is 7.59. The average Bonchev–Trinajstić information content (AvgIpc) is 3.52.